The average molecular weight is 245 g/mol. The first kappa shape index (κ1) is 10.4. The molecule has 0 radical (unpaired) electrons. The maximum absolute atomic E-state index is 10.4. The van der Waals surface area contributed by atoms with Crippen LogP contribution in [0, 0.1) is 0 Å². The van der Waals surface area contributed by atoms with Crippen LogP contribution < -0.4 is 0 Å². The molecule has 0 aliphatic rings. The number of carboxylic acids is 1. The number of halogens is 1. The van der Waals surface area contributed by atoms with Crippen molar-refractivity contribution in [2.24, 2.45) is 0 Å². The highest BCUT2D eigenvalue weighted by molar-refractivity contribution is 7.15. The van der Waals surface area contributed by atoms with Gasteiger partial charge in [0.15, 0.2) is 4.96 Å². The molecule has 0 spiro atoms. The molecule has 0 unspecified atom stereocenters. The molecule has 15 heavy (non-hydrogen) atoms. The minimum atomic E-state index is -0.766. The summed E-state index contributed by atoms with van der Waals surface area (Å²) < 4.78 is 1.86. The van der Waals surface area contributed by atoms with Crippen molar-refractivity contribution in [1.82, 2.24) is 9.38 Å². The second-order valence-electron chi connectivity index (χ2n) is 3.17. The van der Waals surface area contributed by atoms with Crippen LogP contribution in [0.4, 0.5) is 0 Å². The Kier molecular flexibility index (Phi) is 2.93. The molecule has 2 aromatic heterocycles. The van der Waals surface area contributed by atoms with Crippen molar-refractivity contribution in [2.75, 3.05) is 0 Å². The summed E-state index contributed by atoms with van der Waals surface area (Å²) in [5.74, 6) is -0.766. The number of rotatable bonds is 4. The Bertz CT molecular complexity index is 491. The van der Waals surface area contributed by atoms with Gasteiger partial charge >= 0.3 is 5.97 Å². The van der Waals surface area contributed by atoms with E-state index >= 15 is 0 Å². The summed E-state index contributed by atoms with van der Waals surface area (Å²) in [6.07, 6.45) is 3.12. The predicted molar refractivity (Wildman–Crippen MR) is 58.7 cm³/mol. The zero-order valence-electron chi connectivity index (χ0n) is 7.81. The Labute approximate surface area is 95.1 Å². The third kappa shape index (κ3) is 2.13. The standard InChI is InChI=1S/C9H9ClN2O2S/c10-7-4-11-9-12(7)6(5-15-9)2-1-3-8(13)14/h4-5H,1-3H2,(H,13,14). The van der Waals surface area contributed by atoms with Crippen molar-refractivity contribution in [3.63, 3.8) is 0 Å². The van der Waals surface area contributed by atoms with Gasteiger partial charge in [-0.2, -0.15) is 0 Å². The number of thiazole rings is 1. The van der Waals surface area contributed by atoms with Crippen molar-refractivity contribution < 1.29 is 9.90 Å². The number of aryl methyl sites for hydroxylation is 1. The number of aliphatic carboxylic acids is 1. The van der Waals surface area contributed by atoms with Gasteiger partial charge in [-0.3, -0.25) is 9.20 Å². The van der Waals surface area contributed by atoms with E-state index in [1.165, 1.54) is 11.3 Å². The smallest absolute Gasteiger partial charge is 0.303 e. The van der Waals surface area contributed by atoms with Crippen molar-refractivity contribution >= 4 is 33.9 Å². The van der Waals surface area contributed by atoms with Gasteiger partial charge in [-0.1, -0.05) is 11.6 Å². The number of fused-ring (bicyclic) bond motifs is 1. The molecule has 0 aliphatic heterocycles. The van der Waals surface area contributed by atoms with E-state index in [1.807, 2.05) is 9.78 Å². The number of aromatic nitrogens is 2. The number of carboxylic acid groups (broad SMARTS) is 1. The zero-order chi connectivity index (χ0) is 10.8. The van der Waals surface area contributed by atoms with Crippen LogP contribution in [-0.4, -0.2) is 20.5 Å². The molecule has 0 aromatic carbocycles. The Morgan fingerprint density at radius 2 is 2.47 bits per heavy atom. The van der Waals surface area contributed by atoms with E-state index in [0.717, 1.165) is 10.7 Å². The number of hydrogen-bond donors (Lipinski definition) is 1. The highest BCUT2D eigenvalue weighted by atomic mass is 35.5. The number of nitrogens with zero attached hydrogens (tertiary/aromatic N) is 2. The quantitative estimate of drug-likeness (QED) is 0.899. The summed E-state index contributed by atoms with van der Waals surface area (Å²) in [5.41, 5.74) is 1.03. The van der Waals surface area contributed by atoms with Gasteiger partial charge in [-0.15, -0.1) is 11.3 Å². The maximum Gasteiger partial charge on any atom is 0.303 e. The normalized spacial score (nSPS) is 11.0. The van der Waals surface area contributed by atoms with Gasteiger partial charge in [0.2, 0.25) is 0 Å². The van der Waals surface area contributed by atoms with Gasteiger partial charge < -0.3 is 5.11 Å². The van der Waals surface area contributed by atoms with E-state index in [2.05, 4.69) is 4.98 Å². The van der Waals surface area contributed by atoms with Crippen LogP contribution in [0.1, 0.15) is 18.5 Å². The molecule has 2 heterocycles. The fraction of sp³-hybridized carbons (Fsp3) is 0.333. The molecule has 0 saturated heterocycles. The van der Waals surface area contributed by atoms with Crippen molar-refractivity contribution in [3.05, 3.63) is 22.4 Å². The van der Waals surface area contributed by atoms with Gasteiger partial charge in [0.25, 0.3) is 0 Å². The summed E-state index contributed by atoms with van der Waals surface area (Å²) in [6.45, 7) is 0. The Morgan fingerprint density at radius 1 is 1.67 bits per heavy atom. The molecule has 4 nitrogen and oxygen atoms in total. The van der Waals surface area contributed by atoms with E-state index in [-0.39, 0.29) is 6.42 Å². The predicted octanol–water partition coefficient (Wildman–Crippen LogP) is 2.46. The lowest BCUT2D eigenvalue weighted by Crippen LogP contribution is -1.97. The average Bonchev–Trinajstić information content (AvgIpc) is 2.71. The van der Waals surface area contributed by atoms with Crippen molar-refractivity contribution in [2.45, 2.75) is 19.3 Å². The first-order chi connectivity index (χ1) is 7.18. The van der Waals surface area contributed by atoms with Crippen LogP contribution in [0.5, 0.6) is 0 Å². The third-order valence-corrected chi connectivity index (χ3v) is 3.25. The Balaban J connectivity index is 2.13. The van der Waals surface area contributed by atoms with Gasteiger partial charge in [-0.05, 0) is 12.8 Å². The molecule has 0 saturated carbocycles. The molecular weight excluding hydrogens is 236 g/mol. The van der Waals surface area contributed by atoms with Crippen LogP contribution in [0.15, 0.2) is 11.6 Å². The molecule has 2 aromatic rings. The van der Waals surface area contributed by atoms with E-state index in [0.29, 0.717) is 18.0 Å². The van der Waals surface area contributed by atoms with Crippen LogP contribution in [0.3, 0.4) is 0 Å². The second kappa shape index (κ2) is 4.20. The first-order valence-corrected chi connectivity index (χ1v) is 5.75. The van der Waals surface area contributed by atoms with Crippen LogP contribution in [0.25, 0.3) is 4.96 Å². The van der Waals surface area contributed by atoms with E-state index in [9.17, 15) is 4.79 Å². The summed E-state index contributed by atoms with van der Waals surface area (Å²) in [7, 11) is 0. The second-order valence-corrected chi connectivity index (χ2v) is 4.40. The Morgan fingerprint density at radius 3 is 3.20 bits per heavy atom. The van der Waals surface area contributed by atoms with E-state index in [4.69, 9.17) is 16.7 Å². The summed E-state index contributed by atoms with van der Waals surface area (Å²) in [4.78, 5) is 15.3. The van der Waals surface area contributed by atoms with Crippen LogP contribution >= 0.6 is 22.9 Å². The lowest BCUT2D eigenvalue weighted by atomic mass is 10.2. The largest absolute Gasteiger partial charge is 0.481 e. The van der Waals surface area contributed by atoms with Crippen molar-refractivity contribution in [3.8, 4) is 0 Å². The Hall–Kier alpha value is -1.07. The lowest BCUT2D eigenvalue weighted by Gasteiger charge is -1.98. The highest BCUT2D eigenvalue weighted by Crippen LogP contribution is 2.22. The topological polar surface area (TPSA) is 54.6 Å². The first-order valence-electron chi connectivity index (χ1n) is 4.49. The fourth-order valence-corrected chi connectivity index (χ4v) is 2.61. The van der Waals surface area contributed by atoms with Gasteiger partial charge in [0.1, 0.15) is 5.15 Å². The van der Waals surface area contributed by atoms with E-state index < -0.39 is 5.97 Å². The van der Waals surface area contributed by atoms with Crippen LogP contribution in [0.2, 0.25) is 5.15 Å². The van der Waals surface area contributed by atoms with Crippen molar-refractivity contribution in [1.29, 1.82) is 0 Å². The number of imidazole rings is 1. The molecule has 0 amide bonds. The molecule has 1 N–H and O–H groups in total. The molecule has 0 bridgehead atoms. The van der Waals surface area contributed by atoms with Gasteiger partial charge in [0.05, 0.1) is 6.20 Å². The lowest BCUT2D eigenvalue weighted by molar-refractivity contribution is -0.137. The molecule has 2 rings (SSSR count). The number of hydrogen-bond acceptors (Lipinski definition) is 3. The monoisotopic (exact) mass is 244 g/mol. The molecule has 0 fully saturated rings. The van der Waals surface area contributed by atoms with E-state index in [1.54, 1.807) is 6.20 Å². The van der Waals surface area contributed by atoms with Gasteiger partial charge in [0, 0.05) is 17.5 Å². The molecule has 80 valence electrons. The third-order valence-electron chi connectivity index (χ3n) is 2.10. The minimum absolute atomic E-state index is 0.184. The SMILES string of the molecule is O=C(O)CCCc1csc2ncc(Cl)n12. The molecule has 0 aliphatic carbocycles. The summed E-state index contributed by atoms with van der Waals surface area (Å²) in [6, 6.07) is 0. The molecule has 0 atom stereocenters. The zero-order valence-corrected chi connectivity index (χ0v) is 9.38. The summed E-state index contributed by atoms with van der Waals surface area (Å²) in [5, 5.41) is 11.1. The number of carbonyl (C=O) groups is 1. The highest BCUT2D eigenvalue weighted by Gasteiger charge is 2.08. The van der Waals surface area contributed by atoms with Crippen LogP contribution in [-0.2, 0) is 11.2 Å². The molecule has 6 heteroatoms. The van der Waals surface area contributed by atoms with Gasteiger partial charge in [-0.25, -0.2) is 4.98 Å². The maximum atomic E-state index is 10.4. The minimum Gasteiger partial charge on any atom is -0.481 e. The summed E-state index contributed by atoms with van der Waals surface area (Å²) >= 11 is 7.46. The fourth-order valence-electron chi connectivity index (χ4n) is 1.42. The molecular formula is C9H9ClN2O2S.